The van der Waals surface area contributed by atoms with Crippen LogP contribution in [0.3, 0.4) is 0 Å². The summed E-state index contributed by atoms with van der Waals surface area (Å²) in [5, 5.41) is 0. The van der Waals surface area contributed by atoms with Crippen molar-refractivity contribution in [3.63, 3.8) is 0 Å². The summed E-state index contributed by atoms with van der Waals surface area (Å²) >= 11 is 1.94. The molecular formula is C14H18FNOS. The van der Waals surface area contributed by atoms with Crippen molar-refractivity contribution >= 4 is 17.5 Å². The fraction of sp³-hybridized carbons (Fsp3) is 0.500. The van der Waals surface area contributed by atoms with Crippen LogP contribution in [0.4, 0.5) is 4.39 Å². The normalized spacial score (nSPS) is 20.9. The van der Waals surface area contributed by atoms with Crippen LogP contribution < -0.4 is 0 Å². The third-order valence-electron chi connectivity index (χ3n) is 3.20. The summed E-state index contributed by atoms with van der Waals surface area (Å²) < 4.78 is 12.8. The smallest absolute Gasteiger partial charge is 0.151 e. The molecule has 0 bridgehead atoms. The Morgan fingerprint density at radius 2 is 2.17 bits per heavy atom. The van der Waals surface area contributed by atoms with E-state index in [-0.39, 0.29) is 11.6 Å². The molecular weight excluding hydrogens is 249 g/mol. The highest BCUT2D eigenvalue weighted by Crippen LogP contribution is 2.16. The lowest BCUT2D eigenvalue weighted by molar-refractivity contribution is -0.119. The molecule has 98 valence electrons. The van der Waals surface area contributed by atoms with Gasteiger partial charge in [0.25, 0.3) is 0 Å². The summed E-state index contributed by atoms with van der Waals surface area (Å²) in [7, 11) is 0. The number of carbonyl (C=O) groups excluding carboxylic acids is 1. The van der Waals surface area contributed by atoms with Gasteiger partial charge in [-0.1, -0.05) is 12.1 Å². The number of ketones is 1. The molecule has 4 heteroatoms. The minimum Gasteiger partial charge on any atom is -0.298 e. The van der Waals surface area contributed by atoms with E-state index in [1.165, 1.54) is 12.1 Å². The zero-order chi connectivity index (χ0) is 13.0. The largest absolute Gasteiger partial charge is 0.298 e. The van der Waals surface area contributed by atoms with Gasteiger partial charge >= 0.3 is 0 Å². The van der Waals surface area contributed by atoms with Crippen LogP contribution in [0, 0.1) is 5.82 Å². The number of halogens is 1. The van der Waals surface area contributed by atoms with E-state index in [0.29, 0.717) is 19.0 Å². The molecule has 1 unspecified atom stereocenters. The average Bonchev–Trinajstić information content (AvgIpc) is 2.35. The molecule has 0 saturated carbocycles. The van der Waals surface area contributed by atoms with E-state index in [1.807, 2.05) is 11.8 Å². The van der Waals surface area contributed by atoms with E-state index in [1.54, 1.807) is 12.1 Å². The Morgan fingerprint density at radius 3 is 2.83 bits per heavy atom. The number of Topliss-reactive ketones (excluding diaryl/α,β-unsaturated/α-hetero) is 1. The first-order chi connectivity index (χ1) is 8.65. The number of hydrogen-bond acceptors (Lipinski definition) is 3. The Balaban J connectivity index is 1.86. The number of carbonyl (C=O) groups is 1. The number of rotatable bonds is 4. The molecule has 0 spiro atoms. The molecule has 0 aliphatic carbocycles. The topological polar surface area (TPSA) is 20.3 Å². The lowest BCUT2D eigenvalue weighted by atomic mass is 10.1. The third kappa shape index (κ3) is 3.82. The summed E-state index contributed by atoms with van der Waals surface area (Å²) in [5.74, 6) is 2.16. The summed E-state index contributed by atoms with van der Waals surface area (Å²) in [6, 6.07) is 6.65. The minimum absolute atomic E-state index is 0.209. The first-order valence-corrected chi connectivity index (χ1v) is 7.38. The van der Waals surface area contributed by atoms with Gasteiger partial charge in [-0.3, -0.25) is 9.69 Å². The van der Waals surface area contributed by atoms with Gasteiger partial charge in [0.2, 0.25) is 0 Å². The van der Waals surface area contributed by atoms with Gasteiger partial charge in [-0.15, -0.1) is 0 Å². The summed E-state index contributed by atoms with van der Waals surface area (Å²) in [5.41, 5.74) is 0.889. The second-order valence-electron chi connectivity index (χ2n) is 4.74. The first kappa shape index (κ1) is 13.6. The molecule has 1 fully saturated rings. The second kappa shape index (κ2) is 6.34. The monoisotopic (exact) mass is 267 g/mol. The molecule has 18 heavy (non-hydrogen) atoms. The fourth-order valence-corrected chi connectivity index (χ4v) is 3.19. The maximum atomic E-state index is 12.8. The maximum absolute atomic E-state index is 12.8. The fourth-order valence-electron chi connectivity index (χ4n) is 2.11. The Hall–Kier alpha value is -0.870. The molecule has 0 radical (unpaired) electrons. The Morgan fingerprint density at radius 1 is 1.44 bits per heavy atom. The van der Waals surface area contributed by atoms with Gasteiger partial charge in [-0.25, -0.2) is 4.39 Å². The first-order valence-electron chi connectivity index (χ1n) is 6.23. The maximum Gasteiger partial charge on any atom is 0.151 e. The van der Waals surface area contributed by atoms with E-state index in [9.17, 15) is 9.18 Å². The summed E-state index contributed by atoms with van der Waals surface area (Å²) in [4.78, 5) is 14.2. The molecule has 2 rings (SSSR count). The molecule has 1 heterocycles. The van der Waals surface area contributed by atoms with Crippen molar-refractivity contribution in [2.75, 3.05) is 24.6 Å². The van der Waals surface area contributed by atoms with Crippen LogP contribution in [0.25, 0.3) is 0 Å². The quantitative estimate of drug-likeness (QED) is 0.835. The van der Waals surface area contributed by atoms with E-state index < -0.39 is 0 Å². The highest BCUT2D eigenvalue weighted by atomic mass is 32.2. The Bertz CT molecular complexity index is 407. The van der Waals surface area contributed by atoms with Crippen LogP contribution in [0.1, 0.15) is 12.5 Å². The molecule has 1 atom stereocenters. The molecule has 1 aliphatic rings. The van der Waals surface area contributed by atoms with Crippen molar-refractivity contribution in [2.45, 2.75) is 19.4 Å². The summed E-state index contributed by atoms with van der Waals surface area (Å²) in [6.45, 7) is 3.66. The molecule has 2 nitrogen and oxygen atoms in total. The highest BCUT2D eigenvalue weighted by Gasteiger charge is 2.20. The van der Waals surface area contributed by atoms with Gasteiger partial charge in [0.1, 0.15) is 5.82 Å². The Kier molecular flexibility index (Phi) is 4.78. The highest BCUT2D eigenvalue weighted by molar-refractivity contribution is 7.99. The van der Waals surface area contributed by atoms with Gasteiger partial charge in [-0.05, 0) is 24.6 Å². The molecule has 0 N–H and O–H groups in total. The zero-order valence-electron chi connectivity index (χ0n) is 10.6. The van der Waals surface area contributed by atoms with Crippen LogP contribution >= 0.6 is 11.8 Å². The lowest BCUT2D eigenvalue weighted by Gasteiger charge is -2.32. The van der Waals surface area contributed by atoms with Crippen molar-refractivity contribution in [1.29, 1.82) is 0 Å². The summed E-state index contributed by atoms with van der Waals surface area (Å²) in [6.07, 6.45) is 0.399. The SMILES string of the molecule is CC1CSCCN1CC(=O)Cc1ccc(F)cc1. The second-order valence-corrected chi connectivity index (χ2v) is 5.89. The number of nitrogens with zero attached hydrogens (tertiary/aromatic N) is 1. The average molecular weight is 267 g/mol. The van der Waals surface area contributed by atoms with Gasteiger partial charge in [-0.2, -0.15) is 11.8 Å². The lowest BCUT2D eigenvalue weighted by Crippen LogP contribution is -2.43. The standard InChI is InChI=1S/C14H18FNOS/c1-11-10-18-7-6-16(11)9-14(17)8-12-2-4-13(15)5-3-12/h2-5,11H,6-10H2,1H3. The van der Waals surface area contributed by atoms with Crippen LogP contribution in [0.15, 0.2) is 24.3 Å². The van der Waals surface area contributed by atoms with Crippen molar-refractivity contribution in [2.24, 2.45) is 0 Å². The van der Waals surface area contributed by atoms with Crippen molar-refractivity contribution in [3.05, 3.63) is 35.6 Å². The van der Waals surface area contributed by atoms with Crippen molar-refractivity contribution in [1.82, 2.24) is 4.90 Å². The molecule has 0 aromatic heterocycles. The van der Waals surface area contributed by atoms with Gasteiger partial charge < -0.3 is 0 Å². The molecule has 1 aliphatic heterocycles. The van der Waals surface area contributed by atoms with Gasteiger partial charge in [0.15, 0.2) is 5.78 Å². The van der Waals surface area contributed by atoms with Crippen LogP contribution in [-0.2, 0) is 11.2 Å². The predicted molar refractivity (Wildman–Crippen MR) is 73.5 cm³/mol. The third-order valence-corrected chi connectivity index (χ3v) is 4.39. The number of benzene rings is 1. The predicted octanol–water partition coefficient (Wildman–Crippen LogP) is 2.37. The van der Waals surface area contributed by atoms with Crippen molar-refractivity contribution in [3.8, 4) is 0 Å². The van der Waals surface area contributed by atoms with E-state index in [0.717, 1.165) is 23.6 Å². The zero-order valence-corrected chi connectivity index (χ0v) is 11.4. The van der Waals surface area contributed by atoms with E-state index in [2.05, 4.69) is 11.8 Å². The molecule has 0 amide bonds. The molecule has 1 aromatic rings. The molecule has 1 aromatic carbocycles. The minimum atomic E-state index is -0.257. The van der Waals surface area contributed by atoms with Crippen LogP contribution in [0.5, 0.6) is 0 Å². The van der Waals surface area contributed by atoms with E-state index in [4.69, 9.17) is 0 Å². The van der Waals surface area contributed by atoms with Gasteiger partial charge in [0.05, 0.1) is 6.54 Å². The van der Waals surface area contributed by atoms with Crippen LogP contribution in [0.2, 0.25) is 0 Å². The van der Waals surface area contributed by atoms with E-state index >= 15 is 0 Å². The number of hydrogen-bond donors (Lipinski definition) is 0. The van der Waals surface area contributed by atoms with Gasteiger partial charge in [0, 0.05) is 30.5 Å². The van der Waals surface area contributed by atoms with Crippen LogP contribution in [-0.4, -0.2) is 41.3 Å². The Labute approximate surface area is 112 Å². The molecule has 1 saturated heterocycles. The number of thioether (sulfide) groups is 1. The van der Waals surface area contributed by atoms with Crippen molar-refractivity contribution < 1.29 is 9.18 Å².